The number of halogens is 5. The summed E-state index contributed by atoms with van der Waals surface area (Å²) in [6.45, 7) is 4.43. The van der Waals surface area contributed by atoms with E-state index in [-0.39, 0.29) is 28.3 Å². The van der Waals surface area contributed by atoms with E-state index in [0.29, 0.717) is 34.0 Å². The molecule has 0 radical (unpaired) electrons. The van der Waals surface area contributed by atoms with Gasteiger partial charge in [-0.05, 0) is 59.1 Å². The number of rotatable bonds is 9. The first-order valence-corrected chi connectivity index (χ1v) is 12.7. The summed E-state index contributed by atoms with van der Waals surface area (Å²) in [5.74, 6) is -0.561. The summed E-state index contributed by atoms with van der Waals surface area (Å²) in [7, 11) is 0. The normalized spacial score (nSPS) is 12.6. The maximum atomic E-state index is 13.1. The molecule has 196 valence electrons. The van der Waals surface area contributed by atoms with Crippen molar-refractivity contribution in [2.75, 3.05) is 11.9 Å². The average molecular weight is 600 g/mol. The van der Waals surface area contributed by atoms with Crippen molar-refractivity contribution in [3.63, 3.8) is 0 Å². The molecule has 4 aromatic rings. The fraction of sp³-hybridized carbons (Fsp3) is 0.333. The van der Waals surface area contributed by atoms with E-state index in [0.717, 1.165) is 18.9 Å². The number of nitrogens with zero attached hydrogens (tertiary/aromatic N) is 4. The number of hydrogen-bond donors (Lipinski definition) is 2. The zero-order valence-corrected chi connectivity index (χ0v) is 22.2. The van der Waals surface area contributed by atoms with Gasteiger partial charge in [0, 0.05) is 21.4 Å². The van der Waals surface area contributed by atoms with Gasteiger partial charge in [-0.1, -0.05) is 37.9 Å². The molecule has 8 nitrogen and oxygen atoms in total. The third-order valence-corrected chi connectivity index (χ3v) is 6.40. The van der Waals surface area contributed by atoms with E-state index in [1.54, 1.807) is 18.2 Å². The fourth-order valence-corrected chi connectivity index (χ4v) is 4.33. The molecule has 37 heavy (non-hydrogen) atoms. The third kappa shape index (κ3) is 6.07. The lowest BCUT2D eigenvalue weighted by Gasteiger charge is -2.18. The maximum Gasteiger partial charge on any atom is 0.573 e. The maximum absolute atomic E-state index is 13.1. The summed E-state index contributed by atoms with van der Waals surface area (Å²) >= 11 is 9.41. The molecule has 0 spiro atoms. The Morgan fingerprint density at radius 2 is 2.00 bits per heavy atom. The second kappa shape index (κ2) is 11.1. The van der Waals surface area contributed by atoms with Crippen LogP contribution < -0.4 is 15.4 Å². The molecular weight excluding hydrogens is 577 g/mol. The Bertz CT molecular complexity index is 1450. The summed E-state index contributed by atoms with van der Waals surface area (Å²) in [5.41, 5.74) is 0.863. The number of amides is 1. The van der Waals surface area contributed by atoms with Gasteiger partial charge >= 0.3 is 6.36 Å². The lowest BCUT2D eigenvalue weighted by atomic mass is 10.2. The van der Waals surface area contributed by atoms with Crippen LogP contribution in [0.3, 0.4) is 0 Å². The molecule has 1 amide bonds. The van der Waals surface area contributed by atoms with Gasteiger partial charge < -0.3 is 15.4 Å². The van der Waals surface area contributed by atoms with E-state index < -0.39 is 18.2 Å². The molecule has 0 saturated heterocycles. The van der Waals surface area contributed by atoms with E-state index in [1.807, 2.05) is 13.8 Å². The quantitative estimate of drug-likeness (QED) is 0.217. The number of carbonyl (C=O) groups excluding carboxylic acids is 1. The molecule has 1 atom stereocenters. The topological polar surface area (TPSA) is 93.4 Å². The van der Waals surface area contributed by atoms with Crippen LogP contribution in [0.5, 0.6) is 5.75 Å². The van der Waals surface area contributed by atoms with Gasteiger partial charge in [-0.3, -0.25) is 4.79 Å². The first-order chi connectivity index (χ1) is 17.6. The van der Waals surface area contributed by atoms with Crippen molar-refractivity contribution in [3.05, 3.63) is 45.9 Å². The van der Waals surface area contributed by atoms with Crippen molar-refractivity contribution in [2.45, 2.75) is 45.5 Å². The van der Waals surface area contributed by atoms with Gasteiger partial charge in [0.25, 0.3) is 0 Å². The van der Waals surface area contributed by atoms with Gasteiger partial charge in [-0.25, -0.2) is 9.97 Å². The molecule has 13 heteroatoms. The molecule has 2 N–H and O–H groups in total. The van der Waals surface area contributed by atoms with E-state index in [1.165, 1.54) is 16.6 Å². The SMILES string of the molecule is CCCCNC(=O)C(CC)Nc1nc2c(Br)cccc2c2nc(-c3ccc(Cl)cc3OC(F)(F)F)nn12. The van der Waals surface area contributed by atoms with E-state index in [9.17, 15) is 18.0 Å². The first kappa shape index (κ1) is 26.9. The summed E-state index contributed by atoms with van der Waals surface area (Å²) in [5, 5.41) is 11.1. The monoisotopic (exact) mass is 598 g/mol. The summed E-state index contributed by atoms with van der Waals surface area (Å²) in [6.07, 6.45) is -2.69. The number of ether oxygens (including phenoxy) is 1. The zero-order chi connectivity index (χ0) is 26.7. The Morgan fingerprint density at radius 1 is 1.22 bits per heavy atom. The van der Waals surface area contributed by atoms with Crippen LogP contribution in [0.2, 0.25) is 5.02 Å². The van der Waals surface area contributed by atoms with Gasteiger partial charge in [-0.2, -0.15) is 4.52 Å². The number of hydrogen-bond acceptors (Lipinski definition) is 6. The number of unbranched alkanes of at least 4 members (excludes halogenated alkanes) is 1. The highest BCUT2D eigenvalue weighted by Gasteiger charge is 2.33. The summed E-state index contributed by atoms with van der Waals surface area (Å²) in [6, 6.07) is 8.56. The second-order valence-corrected chi connectivity index (χ2v) is 9.47. The Balaban J connectivity index is 1.85. The molecule has 2 aromatic heterocycles. The van der Waals surface area contributed by atoms with Gasteiger partial charge in [0.05, 0.1) is 11.1 Å². The van der Waals surface area contributed by atoms with E-state index >= 15 is 0 Å². The lowest BCUT2D eigenvalue weighted by Crippen LogP contribution is -2.40. The standard InChI is InChI=1S/C24H23BrClF3N6O2/c1-3-5-11-30-22(36)17(4-2)31-23-32-19-15(7-6-8-16(19)25)21-33-20(34-35(21)23)14-10-9-13(26)12-18(14)37-24(27,28)29/h6-10,12,17H,3-5,11H2,1-2H3,(H,30,36)(H,31,32). The van der Waals surface area contributed by atoms with Crippen LogP contribution in [0.1, 0.15) is 33.1 Å². The fourth-order valence-electron chi connectivity index (χ4n) is 3.71. The molecule has 0 aliphatic heterocycles. The van der Waals surface area contributed by atoms with E-state index in [2.05, 4.69) is 46.4 Å². The van der Waals surface area contributed by atoms with Crippen LogP contribution >= 0.6 is 27.5 Å². The minimum Gasteiger partial charge on any atom is -0.405 e. The molecule has 2 heterocycles. The number of alkyl halides is 3. The lowest BCUT2D eigenvalue weighted by molar-refractivity contribution is -0.274. The van der Waals surface area contributed by atoms with Gasteiger partial charge in [0.1, 0.15) is 11.8 Å². The highest BCUT2D eigenvalue weighted by Crippen LogP contribution is 2.36. The Hall–Kier alpha value is -3.12. The molecule has 4 rings (SSSR count). The Labute approximate surface area is 223 Å². The largest absolute Gasteiger partial charge is 0.573 e. The molecular formula is C24H23BrClF3N6O2. The first-order valence-electron chi connectivity index (χ1n) is 11.6. The molecule has 0 fully saturated rings. The van der Waals surface area contributed by atoms with Gasteiger partial charge in [0.2, 0.25) is 11.9 Å². The molecule has 0 aliphatic rings. The second-order valence-electron chi connectivity index (χ2n) is 8.18. The van der Waals surface area contributed by atoms with Crippen LogP contribution in [0.25, 0.3) is 27.9 Å². The van der Waals surface area contributed by atoms with Crippen LogP contribution in [0, 0.1) is 0 Å². The van der Waals surface area contributed by atoms with Crippen LogP contribution in [-0.2, 0) is 4.79 Å². The van der Waals surface area contributed by atoms with Gasteiger partial charge in [0.15, 0.2) is 11.5 Å². The summed E-state index contributed by atoms with van der Waals surface area (Å²) < 4.78 is 45.5. The number of benzene rings is 2. The molecule has 0 bridgehead atoms. The molecule has 0 saturated carbocycles. The van der Waals surface area contributed by atoms with Crippen LogP contribution in [0.4, 0.5) is 19.1 Å². The van der Waals surface area contributed by atoms with Crippen LogP contribution in [0.15, 0.2) is 40.9 Å². The Kier molecular flexibility index (Phi) is 8.08. The van der Waals surface area contributed by atoms with E-state index in [4.69, 9.17) is 11.6 Å². The predicted octanol–water partition coefficient (Wildman–Crippen LogP) is 6.37. The number of carbonyl (C=O) groups is 1. The van der Waals surface area contributed by atoms with Crippen molar-refractivity contribution < 1.29 is 22.7 Å². The highest BCUT2D eigenvalue weighted by molar-refractivity contribution is 9.10. The third-order valence-electron chi connectivity index (χ3n) is 5.52. The molecule has 1 unspecified atom stereocenters. The average Bonchev–Trinajstić information content (AvgIpc) is 3.28. The van der Waals surface area contributed by atoms with Crippen molar-refractivity contribution in [1.29, 1.82) is 0 Å². The predicted molar refractivity (Wildman–Crippen MR) is 139 cm³/mol. The number of aromatic nitrogens is 4. The number of nitrogens with one attached hydrogen (secondary N) is 2. The Morgan fingerprint density at radius 3 is 2.70 bits per heavy atom. The minimum absolute atomic E-state index is 0.0103. The van der Waals surface area contributed by atoms with Crippen molar-refractivity contribution in [1.82, 2.24) is 24.9 Å². The number of para-hydroxylation sites is 1. The number of fused-ring (bicyclic) bond motifs is 3. The number of anilines is 1. The highest BCUT2D eigenvalue weighted by atomic mass is 79.9. The smallest absolute Gasteiger partial charge is 0.405 e. The minimum atomic E-state index is -4.94. The zero-order valence-electron chi connectivity index (χ0n) is 19.9. The molecule has 0 aliphatic carbocycles. The van der Waals surface area contributed by atoms with Crippen molar-refractivity contribution >= 4 is 55.9 Å². The van der Waals surface area contributed by atoms with Gasteiger partial charge in [-0.15, -0.1) is 18.3 Å². The summed E-state index contributed by atoms with van der Waals surface area (Å²) in [4.78, 5) is 22.0. The van der Waals surface area contributed by atoms with Crippen LogP contribution in [-0.4, -0.2) is 44.4 Å². The van der Waals surface area contributed by atoms with Crippen molar-refractivity contribution in [2.24, 2.45) is 0 Å². The molecule has 2 aromatic carbocycles. The van der Waals surface area contributed by atoms with Crippen molar-refractivity contribution in [3.8, 4) is 17.1 Å².